The maximum absolute atomic E-state index is 13.1. The molecule has 3 rings (SSSR count). The summed E-state index contributed by atoms with van der Waals surface area (Å²) >= 11 is 0. The maximum Gasteiger partial charge on any atom is 0.295 e. The Hall–Kier alpha value is -3.52. The first kappa shape index (κ1) is 24.1. The number of amides is 1. The summed E-state index contributed by atoms with van der Waals surface area (Å²) in [5.41, 5.74) is 1.07. The van der Waals surface area contributed by atoms with Gasteiger partial charge < -0.3 is 29.1 Å². The van der Waals surface area contributed by atoms with Crippen molar-refractivity contribution in [2.75, 3.05) is 48.5 Å². The molecule has 0 saturated carbocycles. The van der Waals surface area contributed by atoms with Gasteiger partial charge in [0.2, 0.25) is 0 Å². The highest BCUT2D eigenvalue weighted by molar-refractivity contribution is 6.46. The number of likely N-dealkylation sites (tertiary alicyclic amines) is 1. The molecule has 0 aliphatic carbocycles. The molecule has 176 valence electrons. The normalized spacial score (nSPS) is 17.5. The van der Waals surface area contributed by atoms with Crippen LogP contribution in [0.25, 0.3) is 5.76 Å². The van der Waals surface area contributed by atoms with Crippen molar-refractivity contribution >= 4 is 17.4 Å². The minimum absolute atomic E-state index is 0.0327. The predicted octanol–water partition coefficient (Wildman–Crippen LogP) is 3.09. The Morgan fingerprint density at radius 3 is 2.36 bits per heavy atom. The molecule has 1 N–H and O–H groups in total. The molecule has 0 radical (unpaired) electrons. The number of Topliss-reactive ketones (excluding diaryl/α,β-unsaturated/α-hetero) is 1. The van der Waals surface area contributed by atoms with Crippen molar-refractivity contribution in [1.29, 1.82) is 0 Å². The zero-order valence-electron chi connectivity index (χ0n) is 19.6. The first-order chi connectivity index (χ1) is 15.8. The van der Waals surface area contributed by atoms with E-state index in [0.29, 0.717) is 41.3 Å². The first-order valence-corrected chi connectivity index (χ1v) is 10.6. The summed E-state index contributed by atoms with van der Waals surface area (Å²) in [6, 6.07) is 11.2. The van der Waals surface area contributed by atoms with Gasteiger partial charge in [-0.3, -0.25) is 9.59 Å². The molecule has 1 aliphatic heterocycles. The van der Waals surface area contributed by atoms with Crippen LogP contribution in [-0.4, -0.2) is 75.1 Å². The number of carbonyl (C=O) groups is 2. The van der Waals surface area contributed by atoms with Crippen LogP contribution in [0, 0.1) is 0 Å². The number of aliphatic hydroxyl groups excluding tert-OH is 1. The van der Waals surface area contributed by atoms with E-state index in [9.17, 15) is 14.7 Å². The molecular formula is C25H30N2O6. The van der Waals surface area contributed by atoms with Crippen LogP contribution in [0.2, 0.25) is 0 Å². The molecule has 1 saturated heterocycles. The molecule has 1 fully saturated rings. The summed E-state index contributed by atoms with van der Waals surface area (Å²) in [6.45, 7) is 1.11. The van der Waals surface area contributed by atoms with Gasteiger partial charge in [-0.05, 0) is 56.9 Å². The molecule has 2 aromatic rings. The standard InChI is InChI=1S/C25H30N2O6/c1-26(2)12-7-13-27-22(16-10-11-19(32-4)20(15-16)33-5)21(24(29)25(27)30)23(28)17-8-6-9-18(14-17)31-3/h6,8-11,14-15,22,28H,7,12-13H2,1-5H3. The number of methoxy groups -OCH3 is 3. The molecule has 1 amide bonds. The number of rotatable bonds is 9. The lowest BCUT2D eigenvalue weighted by Gasteiger charge is -2.26. The van der Waals surface area contributed by atoms with Gasteiger partial charge >= 0.3 is 0 Å². The fourth-order valence-corrected chi connectivity index (χ4v) is 3.96. The van der Waals surface area contributed by atoms with Gasteiger partial charge in [0.25, 0.3) is 11.7 Å². The Morgan fingerprint density at radius 2 is 1.73 bits per heavy atom. The molecule has 1 atom stereocenters. The molecule has 1 heterocycles. The summed E-state index contributed by atoms with van der Waals surface area (Å²) in [5.74, 6) is -0.0871. The quantitative estimate of drug-likeness (QED) is 0.354. The van der Waals surface area contributed by atoms with Gasteiger partial charge in [-0.25, -0.2) is 0 Å². The molecule has 0 bridgehead atoms. The second-order valence-corrected chi connectivity index (χ2v) is 8.00. The summed E-state index contributed by atoms with van der Waals surface area (Å²) in [5, 5.41) is 11.2. The van der Waals surface area contributed by atoms with Gasteiger partial charge in [0.15, 0.2) is 11.5 Å². The van der Waals surface area contributed by atoms with Crippen LogP contribution in [0.3, 0.4) is 0 Å². The average Bonchev–Trinajstić information content (AvgIpc) is 3.07. The maximum atomic E-state index is 13.1. The lowest BCUT2D eigenvalue weighted by molar-refractivity contribution is -0.139. The molecule has 1 aliphatic rings. The molecular weight excluding hydrogens is 424 g/mol. The fraction of sp³-hybridized carbons (Fsp3) is 0.360. The number of hydrogen-bond acceptors (Lipinski definition) is 7. The SMILES string of the molecule is COc1cccc(C(O)=C2C(=O)C(=O)N(CCCN(C)C)C2c2ccc(OC)c(OC)c2)c1. The number of hydrogen-bond donors (Lipinski definition) is 1. The Balaban J connectivity index is 2.15. The van der Waals surface area contributed by atoms with E-state index < -0.39 is 17.7 Å². The van der Waals surface area contributed by atoms with Gasteiger partial charge in [-0.1, -0.05) is 18.2 Å². The van der Waals surface area contributed by atoms with Crippen molar-refractivity contribution in [3.8, 4) is 17.2 Å². The van der Waals surface area contributed by atoms with Gasteiger partial charge in [0.05, 0.1) is 32.9 Å². The highest BCUT2D eigenvalue weighted by Gasteiger charge is 2.46. The second kappa shape index (κ2) is 10.4. The molecule has 2 aromatic carbocycles. The first-order valence-electron chi connectivity index (χ1n) is 10.6. The number of ketones is 1. The number of ether oxygens (including phenoxy) is 3. The second-order valence-electron chi connectivity index (χ2n) is 8.00. The van der Waals surface area contributed by atoms with E-state index >= 15 is 0 Å². The molecule has 0 aromatic heterocycles. The van der Waals surface area contributed by atoms with Crippen LogP contribution in [0.1, 0.15) is 23.6 Å². The highest BCUT2D eigenvalue weighted by Crippen LogP contribution is 2.42. The third-order valence-electron chi connectivity index (χ3n) is 5.61. The molecule has 8 nitrogen and oxygen atoms in total. The summed E-state index contributed by atoms with van der Waals surface area (Å²) in [6.07, 6.45) is 0.670. The minimum Gasteiger partial charge on any atom is -0.507 e. The van der Waals surface area contributed by atoms with Crippen molar-refractivity contribution in [3.63, 3.8) is 0 Å². The van der Waals surface area contributed by atoms with Gasteiger partial charge in [-0.2, -0.15) is 0 Å². The Bertz CT molecular complexity index is 1060. The molecule has 0 spiro atoms. The smallest absolute Gasteiger partial charge is 0.295 e. The van der Waals surface area contributed by atoms with Crippen LogP contribution in [0.4, 0.5) is 0 Å². The van der Waals surface area contributed by atoms with E-state index in [1.807, 2.05) is 19.0 Å². The van der Waals surface area contributed by atoms with Crippen LogP contribution >= 0.6 is 0 Å². The minimum atomic E-state index is -0.766. The van der Waals surface area contributed by atoms with E-state index in [2.05, 4.69) is 0 Å². The Morgan fingerprint density at radius 1 is 1.00 bits per heavy atom. The zero-order valence-corrected chi connectivity index (χ0v) is 19.6. The van der Waals surface area contributed by atoms with Crippen molar-refractivity contribution < 1.29 is 28.9 Å². The van der Waals surface area contributed by atoms with E-state index in [1.54, 1.807) is 42.5 Å². The number of nitrogens with zero attached hydrogens (tertiary/aromatic N) is 2. The average molecular weight is 455 g/mol. The zero-order chi connectivity index (χ0) is 24.1. The third kappa shape index (κ3) is 4.96. The van der Waals surface area contributed by atoms with Gasteiger partial charge in [-0.15, -0.1) is 0 Å². The van der Waals surface area contributed by atoms with Crippen LogP contribution in [0.15, 0.2) is 48.0 Å². The van der Waals surface area contributed by atoms with E-state index in [0.717, 1.165) is 6.54 Å². The largest absolute Gasteiger partial charge is 0.507 e. The summed E-state index contributed by atoms with van der Waals surface area (Å²) in [4.78, 5) is 29.7. The Kier molecular flexibility index (Phi) is 7.60. The molecule has 8 heteroatoms. The number of benzene rings is 2. The molecule has 33 heavy (non-hydrogen) atoms. The fourth-order valence-electron chi connectivity index (χ4n) is 3.96. The number of aliphatic hydroxyl groups is 1. The predicted molar refractivity (Wildman–Crippen MR) is 125 cm³/mol. The van der Waals surface area contributed by atoms with Gasteiger partial charge in [0, 0.05) is 12.1 Å². The van der Waals surface area contributed by atoms with Gasteiger partial charge in [0.1, 0.15) is 11.5 Å². The summed E-state index contributed by atoms with van der Waals surface area (Å²) in [7, 11) is 8.47. The van der Waals surface area contributed by atoms with E-state index in [1.165, 1.54) is 26.2 Å². The van der Waals surface area contributed by atoms with Crippen LogP contribution < -0.4 is 14.2 Å². The van der Waals surface area contributed by atoms with E-state index in [4.69, 9.17) is 14.2 Å². The lowest BCUT2D eigenvalue weighted by atomic mass is 9.95. The Labute approximate surface area is 194 Å². The van der Waals surface area contributed by atoms with Crippen molar-refractivity contribution in [1.82, 2.24) is 9.80 Å². The van der Waals surface area contributed by atoms with Crippen molar-refractivity contribution in [2.24, 2.45) is 0 Å². The summed E-state index contributed by atoms with van der Waals surface area (Å²) < 4.78 is 16.0. The number of carbonyl (C=O) groups excluding carboxylic acids is 2. The lowest BCUT2D eigenvalue weighted by Crippen LogP contribution is -2.32. The highest BCUT2D eigenvalue weighted by atomic mass is 16.5. The van der Waals surface area contributed by atoms with Crippen molar-refractivity contribution in [2.45, 2.75) is 12.5 Å². The van der Waals surface area contributed by atoms with Crippen LogP contribution in [0.5, 0.6) is 17.2 Å². The monoisotopic (exact) mass is 454 g/mol. The van der Waals surface area contributed by atoms with E-state index in [-0.39, 0.29) is 11.3 Å². The topological polar surface area (TPSA) is 88.5 Å². The molecule has 1 unspecified atom stereocenters. The van der Waals surface area contributed by atoms with Crippen molar-refractivity contribution in [3.05, 3.63) is 59.2 Å². The van der Waals surface area contributed by atoms with Crippen LogP contribution in [-0.2, 0) is 9.59 Å². The third-order valence-corrected chi connectivity index (χ3v) is 5.61.